The van der Waals surface area contributed by atoms with E-state index >= 15 is 0 Å². The maximum Gasteiger partial charge on any atom is 0.160 e. The van der Waals surface area contributed by atoms with Crippen LogP contribution in [-0.4, -0.2) is 19.9 Å². The Morgan fingerprint density at radius 1 is 0.286 bits per heavy atom. The van der Waals surface area contributed by atoms with Crippen LogP contribution in [0.4, 0.5) is 0 Å². The molecule has 0 saturated heterocycles. The van der Waals surface area contributed by atoms with E-state index in [0.717, 1.165) is 78.4 Å². The van der Waals surface area contributed by atoms with Gasteiger partial charge in [0.1, 0.15) is 0 Å². The SMILES string of the molecule is N#Cc1ccc(-c2cccc(-c3cc(-c4ccccc4)nc(-c4ccccc4)n3)c2)c(-c2cccc(-c3cc(-c4ccccc4)nc(-c4ccccc4)n3)c2)c1. The molecule has 0 aliphatic heterocycles. The molecule has 7 aromatic carbocycles. The van der Waals surface area contributed by atoms with Gasteiger partial charge in [-0.3, -0.25) is 0 Å². The molecule has 0 saturated carbocycles. The maximum atomic E-state index is 10.0. The van der Waals surface area contributed by atoms with Crippen LogP contribution in [-0.2, 0) is 0 Å². The molecule has 0 bridgehead atoms. The van der Waals surface area contributed by atoms with E-state index in [0.29, 0.717) is 17.2 Å². The third-order valence-corrected chi connectivity index (χ3v) is 9.74. The number of nitrogens with zero attached hydrogens (tertiary/aromatic N) is 5. The first kappa shape index (κ1) is 34.0. The molecule has 0 radical (unpaired) electrons. The molecule has 0 unspecified atom stereocenters. The molecule has 0 aliphatic carbocycles. The highest BCUT2D eigenvalue weighted by Gasteiger charge is 2.16. The van der Waals surface area contributed by atoms with Crippen LogP contribution in [0.2, 0.25) is 0 Å². The van der Waals surface area contributed by atoms with Gasteiger partial charge in [-0.25, -0.2) is 19.9 Å². The van der Waals surface area contributed by atoms with Crippen molar-refractivity contribution < 1.29 is 0 Å². The first-order chi connectivity index (χ1) is 27.7. The van der Waals surface area contributed by atoms with E-state index in [1.54, 1.807) is 0 Å². The van der Waals surface area contributed by atoms with Gasteiger partial charge in [-0.15, -0.1) is 0 Å². The summed E-state index contributed by atoms with van der Waals surface area (Å²) in [6, 6.07) is 69.7. The largest absolute Gasteiger partial charge is 0.228 e. The predicted octanol–water partition coefficient (Wildman–Crippen LogP) is 12.5. The third-order valence-electron chi connectivity index (χ3n) is 9.74. The van der Waals surface area contributed by atoms with Crippen molar-refractivity contribution in [2.75, 3.05) is 0 Å². The number of benzene rings is 7. The first-order valence-electron chi connectivity index (χ1n) is 18.4. The molecule has 56 heavy (non-hydrogen) atoms. The van der Waals surface area contributed by atoms with Crippen LogP contribution in [0.1, 0.15) is 5.56 Å². The molecule has 0 fully saturated rings. The molecule has 0 atom stereocenters. The van der Waals surface area contributed by atoms with Crippen LogP contribution in [0.5, 0.6) is 0 Å². The Kier molecular flexibility index (Phi) is 9.27. The summed E-state index contributed by atoms with van der Waals surface area (Å²) in [7, 11) is 0. The Hall–Kier alpha value is -7.81. The van der Waals surface area contributed by atoms with Gasteiger partial charge in [-0.05, 0) is 58.7 Å². The van der Waals surface area contributed by atoms with Crippen molar-refractivity contribution in [2.24, 2.45) is 0 Å². The lowest BCUT2D eigenvalue weighted by Crippen LogP contribution is -1.96. The average molecular weight is 716 g/mol. The zero-order valence-corrected chi connectivity index (χ0v) is 30.3. The zero-order valence-electron chi connectivity index (χ0n) is 30.3. The number of hydrogen-bond acceptors (Lipinski definition) is 5. The Morgan fingerprint density at radius 2 is 0.643 bits per heavy atom. The molecule has 9 aromatic rings. The van der Waals surface area contributed by atoms with Crippen molar-refractivity contribution >= 4 is 0 Å². The normalized spacial score (nSPS) is 10.8. The smallest absolute Gasteiger partial charge is 0.160 e. The summed E-state index contributed by atoms with van der Waals surface area (Å²) in [5.41, 5.74) is 13.7. The fraction of sp³-hybridized carbons (Fsp3) is 0. The topological polar surface area (TPSA) is 75.3 Å². The van der Waals surface area contributed by atoms with Crippen molar-refractivity contribution in [3.63, 3.8) is 0 Å². The zero-order chi connectivity index (χ0) is 37.7. The number of hydrogen-bond donors (Lipinski definition) is 0. The van der Waals surface area contributed by atoms with Gasteiger partial charge in [0.2, 0.25) is 0 Å². The predicted molar refractivity (Wildman–Crippen MR) is 226 cm³/mol. The summed E-state index contributed by atoms with van der Waals surface area (Å²) >= 11 is 0. The van der Waals surface area contributed by atoms with Gasteiger partial charge in [0.15, 0.2) is 11.6 Å². The fourth-order valence-corrected chi connectivity index (χ4v) is 6.93. The van der Waals surface area contributed by atoms with E-state index in [-0.39, 0.29) is 0 Å². The third kappa shape index (κ3) is 7.11. The van der Waals surface area contributed by atoms with Gasteiger partial charge in [0.05, 0.1) is 34.4 Å². The van der Waals surface area contributed by atoms with E-state index in [9.17, 15) is 5.26 Å². The molecule has 0 amide bonds. The minimum Gasteiger partial charge on any atom is -0.228 e. The van der Waals surface area contributed by atoms with Crippen molar-refractivity contribution in [1.82, 2.24) is 19.9 Å². The van der Waals surface area contributed by atoms with Gasteiger partial charge < -0.3 is 0 Å². The van der Waals surface area contributed by atoms with Gasteiger partial charge >= 0.3 is 0 Å². The highest BCUT2D eigenvalue weighted by Crippen LogP contribution is 2.38. The van der Waals surface area contributed by atoms with E-state index in [2.05, 4.69) is 78.9 Å². The standard InChI is InChI=1S/C51H33N5/c52-34-35-27-28-44(40-23-13-25-42(30-40)48-32-46(36-15-5-1-6-16-36)53-50(55-48)38-19-9-3-10-20-38)45(29-35)41-24-14-26-43(31-41)49-33-47(37-17-7-2-8-18-37)54-51(56-49)39-21-11-4-12-22-39/h1-33H. The van der Waals surface area contributed by atoms with Gasteiger partial charge in [0.25, 0.3) is 0 Å². The van der Waals surface area contributed by atoms with E-state index in [4.69, 9.17) is 19.9 Å². The number of rotatable bonds is 8. The molecule has 2 aromatic heterocycles. The first-order valence-corrected chi connectivity index (χ1v) is 18.4. The van der Waals surface area contributed by atoms with Crippen LogP contribution in [0.15, 0.2) is 200 Å². The Morgan fingerprint density at radius 3 is 1.07 bits per heavy atom. The molecule has 262 valence electrons. The summed E-state index contributed by atoms with van der Waals surface area (Å²) in [6.07, 6.45) is 0. The Balaban J connectivity index is 1.15. The summed E-state index contributed by atoms with van der Waals surface area (Å²) in [6.45, 7) is 0. The van der Waals surface area contributed by atoms with Gasteiger partial charge in [-0.1, -0.05) is 164 Å². The molecule has 0 spiro atoms. The second-order valence-electron chi connectivity index (χ2n) is 13.4. The quantitative estimate of drug-likeness (QED) is 0.157. The lowest BCUT2D eigenvalue weighted by molar-refractivity contribution is 1.18. The van der Waals surface area contributed by atoms with Crippen LogP contribution in [0.3, 0.4) is 0 Å². The molecule has 9 rings (SSSR count). The Labute approximate surface area is 326 Å². The van der Waals surface area contributed by atoms with Gasteiger partial charge in [0, 0.05) is 33.4 Å². The lowest BCUT2D eigenvalue weighted by atomic mass is 9.91. The fourth-order valence-electron chi connectivity index (χ4n) is 6.93. The maximum absolute atomic E-state index is 10.0. The number of nitriles is 1. The molecule has 0 aliphatic rings. The molecular formula is C51H33N5. The molecule has 0 N–H and O–H groups in total. The molecule has 5 heteroatoms. The second kappa shape index (κ2) is 15.3. The minimum atomic E-state index is 0.584. The second-order valence-corrected chi connectivity index (χ2v) is 13.4. The summed E-state index contributed by atoms with van der Waals surface area (Å²) in [5, 5.41) is 10.0. The average Bonchev–Trinajstić information content (AvgIpc) is 3.29. The van der Waals surface area contributed by atoms with Crippen molar-refractivity contribution in [2.45, 2.75) is 0 Å². The summed E-state index contributed by atoms with van der Waals surface area (Å²) in [4.78, 5) is 20.1. The van der Waals surface area contributed by atoms with Crippen molar-refractivity contribution in [3.05, 3.63) is 206 Å². The van der Waals surface area contributed by atoms with E-state index in [1.165, 1.54) is 0 Å². The van der Waals surface area contributed by atoms with Crippen LogP contribution in [0, 0.1) is 11.3 Å². The minimum absolute atomic E-state index is 0.584. The van der Waals surface area contributed by atoms with Crippen LogP contribution < -0.4 is 0 Å². The monoisotopic (exact) mass is 715 g/mol. The summed E-state index contributed by atoms with van der Waals surface area (Å²) in [5.74, 6) is 1.32. The highest BCUT2D eigenvalue weighted by atomic mass is 14.9. The van der Waals surface area contributed by atoms with Crippen molar-refractivity contribution in [1.29, 1.82) is 5.26 Å². The van der Waals surface area contributed by atoms with E-state index < -0.39 is 0 Å². The van der Waals surface area contributed by atoms with Gasteiger partial charge in [-0.2, -0.15) is 5.26 Å². The molecule has 2 heterocycles. The molecular weight excluding hydrogens is 683 g/mol. The highest BCUT2D eigenvalue weighted by molar-refractivity contribution is 5.88. The number of aromatic nitrogens is 4. The van der Waals surface area contributed by atoms with Crippen LogP contribution in [0.25, 0.3) is 90.1 Å². The Bertz CT molecular complexity index is 2730. The summed E-state index contributed by atoms with van der Waals surface area (Å²) < 4.78 is 0. The molecule has 5 nitrogen and oxygen atoms in total. The lowest BCUT2D eigenvalue weighted by Gasteiger charge is -2.14. The van der Waals surface area contributed by atoms with Crippen molar-refractivity contribution in [3.8, 4) is 96.1 Å². The van der Waals surface area contributed by atoms with E-state index in [1.807, 2.05) is 127 Å². The van der Waals surface area contributed by atoms with Crippen LogP contribution >= 0.6 is 0 Å².